The normalized spacial score (nSPS) is 28.2. The molecule has 1 aromatic carbocycles. The van der Waals surface area contributed by atoms with Gasteiger partial charge in [0, 0.05) is 42.3 Å². The van der Waals surface area contributed by atoms with Crippen LogP contribution in [0.5, 0.6) is 0 Å². The zero-order chi connectivity index (χ0) is 13.6. The molecule has 0 aliphatic carbocycles. The highest BCUT2D eigenvalue weighted by atomic mass is 35.5. The Bertz CT molecular complexity index is 437. The number of hydrogen-bond donors (Lipinski definition) is 0. The number of piperidine rings is 1. The smallest absolute Gasteiger partial charge is 0.0406 e. The van der Waals surface area contributed by atoms with Gasteiger partial charge in [-0.3, -0.25) is 9.80 Å². The van der Waals surface area contributed by atoms with Crippen LogP contribution >= 0.6 is 11.6 Å². The molecule has 1 aromatic rings. The number of nitrogens with zero attached hydrogens (tertiary/aromatic N) is 2. The molecule has 104 valence electrons. The van der Waals surface area contributed by atoms with Crippen molar-refractivity contribution in [2.24, 2.45) is 0 Å². The molecule has 19 heavy (non-hydrogen) atoms. The minimum atomic E-state index is 0.309. The van der Waals surface area contributed by atoms with Gasteiger partial charge in [-0.25, -0.2) is 0 Å². The third kappa shape index (κ3) is 2.67. The summed E-state index contributed by atoms with van der Waals surface area (Å²) in [5.74, 6) is 0. The van der Waals surface area contributed by atoms with Gasteiger partial charge < -0.3 is 0 Å². The topological polar surface area (TPSA) is 6.48 Å². The van der Waals surface area contributed by atoms with Crippen molar-refractivity contribution in [3.05, 3.63) is 34.9 Å². The van der Waals surface area contributed by atoms with E-state index in [0.29, 0.717) is 5.54 Å². The van der Waals surface area contributed by atoms with Crippen molar-refractivity contribution < 1.29 is 0 Å². The third-order valence-electron chi connectivity index (χ3n) is 4.57. The van der Waals surface area contributed by atoms with Crippen LogP contribution in [0.1, 0.15) is 32.8 Å². The van der Waals surface area contributed by atoms with Gasteiger partial charge in [0.25, 0.3) is 0 Å². The molecule has 3 heterocycles. The summed E-state index contributed by atoms with van der Waals surface area (Å²) in [6, 6.07) is 9.78. The summed E-state index contributed by atoms with van der Waals surface area (Å²) in [6.45, 7) is 10.5. The molecule has 0 saturated carbocycles. The Kier molecular flexibility index (Phi) is 3.36. The van der Waals surface area contributed by atoms with E-state index in [1.165, 1.54) is 25.1 Å². The Morgan fingerprint density at radius 2 is 1.68 bits per heavy atom. The van der Waals surface area contributed by atoms with E-state index < -0.39 is 0 Å². The summed E-state index contributed by atoms with van der Waals surface area (Å²) in [4.78, 5) is 5.29. The molecule has 3 aliphatic rings. The third-order valence-corrected chi connectivity index (χ3v) is 4.82. The maximum absolute atomic E-state index is 5.94. The number of hydrogen-bond acceptors (Lipinski definition) is 2. The molecule has 3 saturated heterocycles. The highest BCUT2D eigenvalue weighted by molar-refractivity contribution is 6.30. The van der Waals surface area contributed by atoms with E-state index in [0.717, 1.165) is 23.7 Å². The van der Waals surface area contributed by atoms with Gasteiger partial charge in [-0.1, -0.05) is 23.7 Å². The van der Waals surface area contributed by atoms with Crippen LogP contribution in [-0.4, -0.2) is 40.5 Å². The van der Waals surface area contributed by atoms with Crippen LogP contribution in [0.25, 0.3) is 0 Å². The lowest BCUT2D eigenvalue weighted by Gasteiger charge is -2.59. The Hall–Kier alpha value is -0.570. The number of piperazine rings is 1. The lowest BCUT2D eigenvalue weighted by atomic mass is 9.84. The van der Waals surface area contributed by atoms with Crippen LogP contribution in [0, 0.1) is 0 Å². The average molecular weight is 279 g/mol. The monoisotopic (exact) mass is 278 g/mol. The van der Waals surface area contributed by atoms with Crippen molar-refractivity contribution >= 4 is 11.6 Å². The fourth-order valence-electron chi connectivity index (χ4n) is 3.29. The van der Waals surface area contributed by atoms with Crippen molar-refractivity contribution in [2.75, 3.05) is 13.1 Å². The summed E-state index contributed by atoms with van der Waals surface area (Å²) >= 11 is 5.94. The van der Waals surface area contributed by atoms with E-state index in [2.05, 4.69) is 42.7 Å². The minimum Gasteiger partial charge on any atom is -0.295 e. The van der Waals surface area contributed by atoms with E-state index in [1.54, 1.807) is 0 Å². The van der Waals surface area contributed by atoms with Gasteiger partial charge in [0.2, 0.25) is 0 Å². The van der Waals surface area contributed by atoms with Gasteiger partial charge in [0.15, 0.2) is 0 Å². The number of halogens is 1. The summed E-state index contributed by atoms with van der Waals surface area (Å²) in [7, 11) is 0. The standard InChI is InChI=1S/C16H23ClN2/c1-16(2,3)18-10-14-8-15(11-18)19(14)9-12-4-6-13(17)7-5-12/h4-7,14-15H,8-11H2,1-3H3. The molecule has 0 amide bonds. The largest absolute Gasteiger partial charge is 0.295 e. The predicted octanol–water partition coefficient (Wildman–Crippen LogP) is 3.40. The molecule has 3 heteroatoms. The van der Waals surface area contributed by atoms with Gasteiger partial charge in [0.1, 0.15) is 0 Å². The SMILES string of the molecule is CC(C)(C)N1CC2CC(C1)N2Cc1ccc(Cl)cc1. The summed E-state index contributed by atoms with van der Waals surface area (Å²) in [6.07, 6.45) is 1.38. The van der Waals surface area contributed by atoms with E-state index in [-0.39, 0.29) is 0 Å². The second-order valence-corrected chi connectivity index (χ2v) is 7.35. The lowest BCUT2D eigenvalue weighted by Crippen LogP contribution is -2.70. The van der Waals surface area contributed by atoms with Crippen molar-refractivity contribution in [1.82, 2.24) is 9.80 Å². The Labute approximate surface area is 121 Å². The zero-order valence-electron chi connectivity index (χ0n) is 12.1. The first-order valence-corrected chi connectivity index (χ1v) is 7.56. The van der Waals surface area contributed by atoms with Crippen molar-refractivity contribution in [3.8, 4) is 0 Å². The van der Waals surface area contributed by atoms with E-state index in [1.807, 2.05) is 12.1 Å². The summed E-state index contributed by atoms with van der Waals surface area (Å²) < 4.78 is 0. The molecule has 0 spiro atoms. The maximum Gasteiger partial charge on any atom is 0.0406 e. The van der Waals surface area contributed by atoms with Gasteiger partial charge in [-0.05, 0) is 44.9 Å². The summed E-state index contributed by atoms with van der Waals surface area (Å²) in [5.41, 5.74) is 1.69. The van der Waals surface area contributed by atoms with Gasteiger partial charge >= 0.3 is 0 Å². The van der Waals surface area contributed by atoms with Crippen molar-refractivity contribution in [1.29, 1.82) is 0 Å². The number of benzene rings is 1. The molecule has 2 atom stereocenters. The van der Waals surface area contributed by atoms with Gasteiger partial charge in [-0.2, -0.15) is 0 Å². The van der Waals surface area contributed by atoms with Crippen molar-refractivity contribution in [3.63, 3.8) is 0 Å². The number of rotatable bonds is 2. The Morgan fingerprint density at radius 3 is 2.21 bits per heavy atom. The average Bonchev–Trinajstić information content (AvgIpc) is 2.37. The maximum atomic E-state index is 5.94. The molecule has 0 radical (unpaired) electrons. The van der Waals surface area contributed by atoms with Crippen LogP contribution in [0.4, 0.5) is 0 Å². The van der Waals surface area contributed by atoms with Gasteiger partial charge in [-0.15, -0.1) is 0 Å². The molecular weight excluding hydrogens is 256 g/mol. The Morgan fingerprint density at radius 1 is 1.11 bits per heavy atom. The highest BCUT2D eigenvalue weighted by Gasteiger charge is 2.46. The molecule has 4 rings (SSSR count). The van der Waals surface area contributed by atoms with E-state index in [4.69, 9.17) is 11.6 Å². The van der Waals surface area contributed by atoms with Crippen molar-refractivity contribution in [2.45, 2.75) is 51.4 Å². The molecule has 2 nitrogen and oxygen atoms in total. The molecule has 3 aliphatic heterocycles. The second-order valence-electron chi connectivity index (χ2n) is 6.92. The molecule has 0 N–H and O–H groups in total. The molecule has 2 unspecified atom stereocenters. The van der Waals surface area contributed by atoms with E-state index in [9.17, 15) is 0 Å². The first-order chi connectivity index (χ1) is 8.93. The van der Waals surface area contributed by atoms with Crippen LogP contribution < -0.4 is 0 Å². The van der Waals surface area contributed by atoms with Crippen LogP contribution in [-0.2, 0) is 6.54 Å². The molecule has 2 bridgehead atoms. The lowest BCUT2D eigenvalue weighted by molar-refractivity contribution is -0.0997. The predicted molar refractivity (Wildman–Crippen MR) is 80.5 cm³/mol. The first kappa shape index (κ1) is 13.4. The first-order valence-electron chi connectivity index (χ1n) is 7.19. The van der Waals surface area contributed by atoms with Crippen LogP contribution in [0.3, 0.4) is 0 Å². The van der Waals surface area contributed by atoms with E-state index >= 15 is 0 Å². The van der Waals surface area contributed by atoms with Crippen LogP contribution in [0.2, 0.25) is 5.02 Å². The van der Waals surface area contributed by atoms with Crippen LogP contribution in [0.15, 0.2) is 24.3 Å². The zero-order valence-corrected chi connectivity index (χ0v) is 12.8. The minimum absolute atomic E-state index is 0.309. The van der Waals surface area contributed by atoms with Gasteiger partial charge in [0.05, 0.1) is 0 Å². The summed E-state index contributed by atoms with van der Waals surface area (Å²) in [5, 5.41) is 0.825. The molecule has 0 aromatic heterocycles. The number of fused-ring (bicyclic) bond motifs is 2. The fourth-order valence-corrected chi connectivity index (χ4v) is 3.42. The second kappa shape index (κ2) is 4.76. The highest BCUT2D eigenvalue weighted by Crippen LogP contribution is 2.36. The Balaban J connectivity index is 1.63. The quantitative estimate of drug-likeness (QED) is 0.818. The fraction of sp³-hybridized carbons (Fsp3) is 0.625. The molecule has 3 fully saturated rings. The molecular formula is C16H23ClN2.